The van der Waals surface area contributed by atoms with Crippen LogP contribution in [0.4, 0.5) is 10.3 Å². The average molecular weight is 299 g/mol. The van der Waals surface area contributed by atoms with Crippen LogP contribution < -0.4 is 5.32 Å². The number of hydrogen-bond acceptors (Lipinski definition) is 5. The monoisotopic (exact) mass is 299 g/mol. The number of para-hydroxylation sites is 1. The maximum absolute atomic E-state index is 12.9. The number of aromatic nitrogens is 4. The fourth-order valence-corrected chi connectivity index (χ4v) is 2.03. The van der Waals surface area contributed by atoms with Crippen molar-refractivity contribution in [2.45, 2.75) is 6.10 Å². The third-order valence-electron chi connectivity index (χ3n) is 3.18. The van der Waals surface area contributed by atoms with Crippen molar-refractivity contribution < 1.29 is 9.50 Å². The van der Waals surface area contributed by atoms with Gasteiger partial charge in [0.05, 0.1) is 11.8 Å². The molecule has 22 heavy (non-hydrogen) atoms. The molecular weight excluding hydrogens is 285 g/mol. The van der Waals surface area contributed by atoms with Crippen molar-refractivity contribution >= 4 is 5.95 Å². The third-order valence-corrected chi connectivity index (χ3v) is 3.18. The van der Waals surface area contributed by atoms with Crippen LogP contribution in [0.1, 0.15) is 11.7 Å². The molecule has 0 spiro atoms. The van der Waals surface area contributed by atoms with Crippen molar-refractivity contribution in [2.24, 2.45) is 0 Å². The van der Waals surface area contributed by atoms with E-state index < -0.39 is 6.10 Å². The molecule has 112 valence electrons. The molecule has 1 heterocycles. The summed E-state index contributed by atoms with van der Waals surface area (Å²) in [7, 11) is 0. The quantitative estimate of drug-likeness (QED) is 0.753. The molecule has 7 heteroatoms. The second-order valence-electron chi connectivity index (χ2n) is 4.70. The molecule has 0 aliphatic heterocycles. The summed E-state index contributed by atoms with van der Waals surface area (Å²) in [5, 5.41) is 24.5. The fraction of sp³-hybridized carbons (Fsp3) is 0.133. The van der Waals surface area contributed by atoms with Crippen molar-refractivity contribution in [2.75, 3.05) is 11.9 Å². The Morgan fingerprint density at radius 3 is 2.55 bits per heavy atom. The largest absolute Gasteiger partial charge is 0.387 e. The van der Waals surface area contributed by atoms with Crippen LogP contribution in [0.5, 0.6) is 0 Å². The molecule has 0 saturated heterocycles. The predicted molar refractivity (Wildman–Crippen MR) is 79.0 cm³/mol. The van der Waals surface area contributed by atoms with Crippen molar-refractivity contribution in [1.29, 1.82) is 0 Å². The van der Waals surface area contributed by atoms with Crippen LogP contribution in [0.2, 0.25) is 0 Å². The first kappa shape index (κ1) is 14.2. The van der Waals surface area contributed by atoms with E-state index in [2.05, 4.69) is 20.8 Å². The Morgan fingerprint density at radius 2 is 1.82 bits per heavy atom. The fourth-order valence-electron chi connectivity index (χ4n) is 2.03. The predicted octanol–water partition coefficient (Wildman–Crippen LogP) is 1.95. The number of hydrogen-bond donors (Lipinski definition) is 2. The summed E-state index contributed by atoms with van der Waals surface area (Å²) >= 11 is 0. The molecule has 3 aromatic rings. The zero-order valence-corrected chi connectivity index (χ0v) is 11.6. The molecule has 0 bridgehead atoms. The molecule has 0 amide bonds. The Bertz CT molecular complexity index is 729. The lowest BCUT2D eigenvalue weighted by Gasteiger charge is -2.12. The van der Waals surface area contributed by atoms with Gasteiger partial charge < -0.3 is 10.4 Å². The minimum Gasteiger partial charge on any atom is -0.387 e. The lowest BCUT2D eigenvalue weighted by molar-refractivity contribution is 0.191. The van der Waals surface area contributed by atoms with Gasteiger partial charge in [0.25, 0.3) is 0 Å². The van der Waals surface area contributed by atoms with Crippen molar-refractivity contribution in [1.82, 2.24) is 20.2 Å². The second-order valence-corrected chi connectivity index (χ2v) is 4.70. The van der Waals surface area contributed by atoms with E-state index in [1.54, 1.807) is 12.1 Å². The number of halogens is 1. The summed E-state index contributed by atoms with van der Waals surface area (Å²) in [5.74, 6) is 0.0873. The molecule has 1 atom stereocenters. The average Bonchev–Trinajstić information content (AvgIpc) is 3.02. The molecule has 0 aliphatic rings. The number of nitrogens with zero attached hydrogens (tertiary/aromatic N) is 4. The number of rotatable bonds is 5. The van der Waals surface area contributed by atoms with E-state index in [9.17, 15) is 9.50 Å². The van der Waals surface area contributed by atoms with Gasteiger partial charge in [-0.2, -0.15) is 4.68 Å². The van der Waals surface area contributed by atoms with Crippen molar-refractivity contribution in [3.63, 3.8) is 0 Å². The Labute approximate surface area is 126 Å². The minimum atomic E-state index is -0.790. The van der Waals surface area contributed by atoms with E-state index in [0.717, 1.165) is 5.69 Å². The van der Waals surface area contributed by atoms with Crippen molar-refractivity contribution in [3.05, 3.63) is 66.0 Å². The number of aliphatic hydroxyl groups is 1. The first-order valence-electron chi connectivity index (χ1n) is 6.75. The smallest absolute Gasteiger partial charge is 0.247 e. The third kappa shape index (κ3) is 3.09. The van der Waals surface area contributed by atoms with E-state index in [0.29, 0.717) is 11.5 Å². The van der Waals surface area contributed by atoms with Gasteiger partial charge in [-0.25, -0.2) is 4.39 Å². The van der Waals surface area contributed by atoms with Crippen LogP contribution in [-0.2, 0) is 0 Å². The Kier molecular flexibility index (Phi) is 4.06. The minimum absolute atomic E-state index is 0.207. The molecule has 1 aromatic heterocycles. The summed E-state index contributed by atoms with van der Waals surface area (Å²) in [4.78, 5) is 0. The molecule has 3 rings (SSSR count). The zero-order chi connectivity index (χ0) is 15.4. The summed E-state index contributed by atoms with van der Waals surface area (Å²) in [6, 6.07) is 15.1. The van der Waals surface area contributed by atoms with Gasteiger partial charge in [0.1, 0.15) is 5.82 Å². The van der Waals surface area contributed by atoms with Gasteiger partial charge in [0.2, 0.25) is 5.95 Å². The maximum atomic E-state index is 12.9. The van der Waals surface area contributed by atoms with E-state index in [1.165, 1.54) is 16.8 Å². The van der Waals surface area contributed by atoms with Gasteiger partial charge in [0.15, 0.2) is 0 Å². The second kappa shape index (κ2) is 6.31. The van der Waals surface area contributed by atoms with Gasteiger partial charge in [0, 0.05) is 6.54 Å². The molecule has 2 N–H and O–H groups in total. The Morgan fingerprint density at radius 1 is 1.09 bits per heavy atom. The highest BCUT2D eigenvalue weighted by molar-refractivity contribution is 5.38. The summed E-state index contributed by atoms with van der Waals surface area (Å²) < 4.78 is 14.4. The highest BCUT2D eigenvalue weighted by atomic mass is 19.1. The molecule has 0 radical (unpaired) electrons. The maximum Gasteiger partial charge on any atom is 0.247 e. The Balaban J connectivity index is 1.70. The molecule has 2 aromatic carbocycles. The van der Waals surface area contributed by atoms with E-state index >= 15 is 0 Å². The van der Waals surface area contributed by atoms with Gasteiger partial charge in [-0.05, 0) is 40.3 Å². The van der Waals surface area contributed by atoms with Crippen LogP contribution in [0, 0.1) is 5.82 Å². The number of anilines is 1. The number of benzene rings is 2. The summed E-state index contributed by atoms with van der Waals surface area (Å²) in [6.45, 7) is 0.207. The molecular formula is C15H14FN5O. The molecule has 0 saturated carbocycles. The molecule has 0 aliphatic carbocycles. The van der Waals surface area contributed by atoms with Crippen LogP contribution in [0.25, 0.3) is 5.69 Å². The Hall–Kier alpha value is -2.80. The highest BCUT2D eigenvalue weighted by Crippen LogP contribution is 2.15. The lowest BCUT2D eigenvalue weighted by atomic mass is 10.1. The van der Waals surface area contributed by atoms with E-state index in [-0.39, 0.29) is 12.4 Å². The first-order chi connectivity index (χ1) is 10.7. The van der Waals surface area contributed by atoms with Gasteiger partial charge >= 0.3 is 0 Å². The van der Waals surface area contributed by atoms with Crippen LogP contribution in [-0.4, -0.2) is 31.9 Å². The lowest BCUT2D eigenvalue weighted by Crippen LogP contribution is -2.15. The molecule has 1 unspecified atom stereocenters. The number of aliphatic hydroxyl groups excluding tert-OH is 1. The molecule has 6 nitrogen and oxygen atoms in total. The SMILES string of the molecule is OC(CNc1nnnn1-c1ccccc1)c1ccc(F)cc1. The summed E-state index contributed by atoms with van der Waals surface area (Å²) in [6.07, 6.45) is -0.790. The molecule has 0 fully saturated rings. The number of tetrazole rings is 1. The van der Waals surface area contributed by atoms with Gasteiger partial charge in [-0.15, -0.1) is 0 Å². The standard InChI is InChI=1S/C15H14FN5O/c16-12-8-6-11(7-9-12)14(22)10-17-15-18-19-20-21(15)13-4-2-1-3-5-13/h1-9,14,22H,10H2,(H,17,18,20). The van der Waals surface area contributed by atoms with Gasteiger partial charge in [-0.3, -0.25) is 0 Å². The van der Waals surface area contributed by atoms with Crippen molar-refractivity contribution in [3.8, 4) is 5.69 Å². The van der Waals surface area contributed by atoms with Crippen LogP contribution in [0.3, 0.4) is 0 Å². The first-order valence-corrected chi connectivity index (χ1v) is 6.75. The highest BCUT2D eigenvalue weighted by Gasteiger charge is 2.11. The van der Waals surface area contributed by atoms with Crippen LogP contribution in [0.15, 0.2) is 54.6 Å². The zero-order valence-electron chi connectivity index (χ0n) is 11.6. The normalized spacial score (nSPS) is 12.1. The summed E-state index contributed by atoms with van der Waals surface area (Å²) in [5.41, 5.74) is 1.43. The number of nitrogens with one attached hydrogen (secondary N) is 1. The van der Waals surface area contributed by atoms with Gasteiger partial charge in [-0.1, -0.05) is 35.4 Å². The van der Waals surface area contributed by atoms with Crippen LogP contribution >= 0.6 is 0 Å². The van der Waals surface area contributed by atoms with E-state index in [1.807, 2.05) is 30.3 Å². The van der Waals surface area contributed by atoms with E-state index in [4.69, 9.17) is 0 Å². The topological polar surface area (TPSA) is 75.9 Å².